The number of hydrogen-bond donors (Lipinski definition) is 2. The standard InChI is InChI=1S/C12H15N3O4/c1-6-3-9(7(2)14-13-6)11(17)15-5-8(16)4-10(15)12(18)19/h3,8,10,16H,4-5H2,1-2H3,(H,18,19). The van der Waals surface area contributed by atoms with E-state index in [1.807, 2.05) is 0 Å². The molecule has 1 aromatic heterocycles. The topological polar surface area (TPSA) is 104 Å². The lowest BCUT2D eigenvalue weighted by Gasteiger charge is -2.21. The lowest BCUT2D eigenvalue weighted by atomic mass is 10.1. The van der Waals surface area contributed by atoms with Gasteiger partial charge >= 0.3 is 5.97 Å². The number of likely N-dealkylation sites (tertiary alicyclic amines) is 1. The zero-order valence-corrected chi connectivity index (χ0v) is 10.7. The molecule has 2 rings (SSSR count). The average Bonchev–Trinajstić information content (AvgIpc) is 2.74. The second kappa shape index (κ2) is 4.93. The number of aliphatic hydroxyl groups excluding tert-OH is 1. The predicted molar refractivity (Wildman–Crippen MR) is 64.6 cm³/mol. The Balaban J connectivity index is 2.33. The van der Waals surface area contributed by atoms with Gasteiger partial charge in [-0.1, -0.05) is 0 Å². The largest absolute Gasteiger partial charge is 0.480 e. The highest BCUT2D eigenvalue weighted by Crippen LogP contribution is 2.21. The van der Waals surface area contributed by atoms with Crippen LogP contribution in [0.2, 0.25) is 0 Å². The van der Waals surface area contributed by atoms with Crippen LogP contribution in [-0.4, -0.2) is 55.9 Å². The van der Waals surface area contributed by atoms with E-state index in [0.29, 0.717) is 17.0 Å². The van der Waals surface area contributed by atoms with E-state index in [2.05, 4.69) is 10.2 Å². The molecule has 2 unspecified atom stereocenters. The molecule has 2 heterocycles. The highest BCUT2D eigenvalue weighted by atomic mass is 16.4. The molecule has 0 bridgehead atoms. The first-order chi connectivity index (χ1) is 8.90. The molecule has 0 spiro atoms. The summed E-state index contributed by atoms with van der Waals surface area (Å²) in [6.07, 6.45) is -0.751. The number of amides is 1. The fraction of sp³-hybridized carbons (Fsp3) is 0.500. The summed E-state index contributed by atoms with van der Waals surface area (Å²) in [7, 11) is 0. The van der Waals surface area contributed by atoms with Gasteiger partial charge in [-0.05, 0) is 19.9 Å². The summed E-state index contributed by atoms with van der Waals surface area (Å²) in [5.41, 5.74) is 1.36. The SMILES string of the molecule is Cc1cc(C(=O)N2CC(O)CC2C(=O)O)c(C)nn1. The number of rotatable bonds is 2. The first kappa shape index (κ1) is 13.4. The number of nitrogens with zero attached hydrogens (tertiary/aromatic N) is 3. The third-order valence-electron chi connectivity index (χ3n) is 3.16. The maximum atomic E-state index is 12.4. The summed E-state index contributed by atoms with van der Waals surface area (Å²) in [6, 6.07) is 0.587. The Morgan fingerprint density at radius 1 is 1.37 bits per heavy atom. The molecule has 7 nitrogen and oxygen atoms in total. The molecule has 1 amide bonds. The van der Waals surface area contributed by atoms with Crippen molar-refractivity contribution in [2.24, 2.45) is 0 Å². The van der Waals surface area contributed by atoms with Crippen LogP contribution in [0, 0.1) is 13.8 Å². The van der Waals surface area contributed by atoms with Crippen molar-refractivity contribution in [3.8, 4) is 0 Å². The van der Waals surface area contributed by atoms with Crippen molar-refractivity contribution in [1.82, 2.24) is 15.1 Å². The fourth-order valence-corrected chi connectivity index (χ4v) is 2.19. The van der Waals surface area contributed by atoms with Gasteiger partial charge in [-0.15, -0.1) is 0 Å². The molecule has 1 aromatic rings. The van der Waals surface area contributed by atoms with E-state index in [1.165, 1.54) is 4.90 Å². The summed E-state index contributed by atoms with van der Waals surface area (Å²) >= 11 is 0. The highest BCUT2D eigenvalue weighted by Gasteiger charge is 2.39. The Kier molecular flexibility index (Phi) is 3.48. The van der Waals surface area contributed by atoms with Gasteiger partial charge in [-0.3, -0.25) is 4.79 Å². The summed E-state index contributed by atoms with van der Waals surface area (Å²) in [6.45, 7) is 3.37. The molecule has 0 aromatic carbocycles. The van der Waals surface area contributed by atoms with E-state index in [1.54, 1.807) is 19.9 Å². The minimum Gasteiger partial charge on any atom is -0.480 e. The van der Waals surface area contributed by atoms with Crippen molar-refractivity contribution >= 4 is 11.9 Å². The normalized spacial score (nSPS) is 22.6. The maximum Gasteiger partial charge on any atom is 0.326 e. The average molecular weight is 265 g/mol. The number of hydrogen-bond acceptors (Lipinski definition) is 5. The molecule has 1 saturated heterocycles. The first-order valence-electron chi connectivity index (χ1n) is 5.93. The van der Waals surface area contributed by atoms with E-state index < -0.39 is 24.0 Å². The van der Waals surface area contributed by atoms with Crippen LogP contribution >= 0.6 is 0 Å². The molecule has 1 aliphatic heterocycles. The third kappa shape index (κ3) is 2.55. The van der Waals surface area contributed by atoms with Gasteiger partial charge in [0.15, 0.2) is 0 Å². The zero-order valence-electron chi connectivity index (χ0n) is 10.7. The molecule has 0 saturated carbocycles. The summed E-state index contributed by atoms with van der Waals surface area (Å²) in [5, 5.41) is 26.3. The summed E-state index contributed by atoms with van der Waals surface area (Å²) in [5.74, 6) is -1.54. The Labute approximate surface area is 109 Å². The van der Waals surface area contributed by atoms with Gasteiger partial charge in [-0.2, -0.15) is 10.2 Å². The number of carbonyl (C=O) groups excluding carboxylic acids is 1. The van der Waals surface area contributed by atoms with Gasteiger partial charge in [0.25, 0.3) is 5.91 Å². The maximum absolute atomic E-state index is 12.4. The van der Waals surface area contributed by atoms with Gasteiger partial charge in [0.2, 0.25) is 0 Å². The van der Waals surface area contributed by atoms with Gasteiger partial charge in [0.1, 0.15) is 6.04 Å². The third-order valence-corrected chi connectivity index (χ3v) is 3.16. The van der Waals surface area contributed by atoms with Crippen LogP contribution in [0.3, 0.4) is 0 Å². The van der Waals surface area contributed by atoms with Crippen LogP contribution in [0.1, 0.15) is 28.2 Å². The quantitative estimate of drug-likeness (QED) is 0.764. The van der Waals surface area contributed by atoms with E-state index in [4.69, 9.17) is 5.11 Å². The van der Waals surface area contributed by atoms with Gasteiger partial charge in [0, 0.05) is 13.0 Å². The van der Waals surface area contributed by atoms with Crippen molar-refractivity contribution in [3.63, 3.8) is 0 Å². The lowest BCUT2D eigenvalue weighted by molar-refractivity contribution is -0.141. The van der Waals surface area contributed by atoms with E-state index in [0.717, 1.165) is 0 Å². The molecule has 0 radical (unpaired) electrons. The van der Waals surface area contributed by atoms with Crippen molar-refractivity contribution in [3.05, 3.63) is 23.0 Å². The monoisotopic (exact) mass is 265 g/mol. The highest BCUT2D eigenvalue weighted by molar-refractivity contribution is 5.97. The summed E-state index contributed by atoms with van der Waals surface area (Å²) in [4.78, 5) is 24.7. The number of carbonyl (C=O) groups is 2. The molecular formula is C12H15N3O4. The molecule has 7 heteroatoms. The smallest absolute Gasteiger partial charge is 0.326 e. The van der Waals surface area contributed by atoms with Crippen LogP contribution in [-0.2, 0) is 4.79 Å². The van der Waals surface area contributed by atoms with E-state index in [-0.39, 0.29) is 13.0 Å². The van der Waals surface area contributed by atoms with E-state index in [9.17, 15) is 14.7 Å². The number of carboxylic acid groups (broad SMARTS) is 1. The van der Waals surface area contributed by atoms with Crippen LogP contribution in [0.25, 0.3) is 0 Å². The second-order valence-corrected chi connectivity index (χ2v) is 4.69. The zero-order chi connectivity index (χ0) is 14.2. The van der Waals surface area contributed by atoms with Crippen LogP contribution in [0.5, 0.6) is 0 Å². The first-order valence-corrected chi connectivity index (χ1v) is 5.93. The van der Waals surface area contributed by atoms with Gasteiger partial charge in [0.05, 0.1) is 23.1 Å². The van der Waals surface area contributed by atoms with Crippen molar-refractivity contribution in [2.75, 3.05) is 6.54 Å². The lowest BCUT2D eigenvalue weighted by Crippen LogP contribution is -2.41. The van der Waals surface area contributed by atoms with Gasteiger partial charge in [-0.25, -0.2) is 4.79 Å². The molecule has 2 N–H and O–H groups in total. The predicted octanol–water partition coefficient (Wildman–Crippen LogP) is -0.247. The molecule has 1 fully saturated rings. The number of aryl methyl sites for hydroxylation is 2. The van der Waals surface area contributed by atoms with Crippen LogP contribution in [0.15, 0.2) is 6.07 Å². The fourth-order valence-electron chi connectivity index (χ4n) is 2.19. The molecule has 0 aliphatic carbocycles. The Morgan fingerprint density at radius 2 is 2.05 bits per heavy atom. The Bertz CT molecular complexity index is 532. The number of carboxylic acids is 1. The Hall–Kier alpha value is -2.02. The number of aliphatic carboxylic acids is 1. The van der Waals surface area contributed by atoms with Crippen LogP contribution in [0.4, 0.5) is 0 Å². The minimum absolute atomic E-state index is 0.0244. The van der Waals surface area contributed by atoms with Crippen molar-refractivity contribution < 1.29 is 19.8 Å². The van der Waals surface area contributed by atoms with Gasteiger partial charge < -0.3 is 15.1 Å². The number of aromatic nitrogens is 2. The summed E-state index contributed by atoms with van der Waals surface area (Å²) < 4.78 is 0. The molecule has 1 aliphatic rings. The molecule has 2 atom stereocenters. The van der Waals surface area contributed by atoms with Crippen LogP contribution < -0.4 is 0 Å². The Morgan fingerprint density at radius 3 is 2.68 bits per heavy atom. The second-order valence-electron chi connectivity index (χ2n) is 4.69. The van der Waals surface area contributed by atoms with E-state index >= 15 is 0 Å². The molecular weight excluding hydrogens is 250 g/mol. The minimum atomic E-state index is -1.11. The van der Waals surface area contributed by atoms with Crippen molar-refractivity contribution in [1.29, 1.82) is 0 Å². The van der Waals surface area contributed by atoms with Crippen molar-refractivity contribution in [2.45, 2.75) is 32.4 Å². The molecule has 19 heavy (non-hydrogen) atoms. The number of aliphatic hydroxyl groups is 1. The number of β-amino-alcohol motifs (C(OH)–C–C–N with tert-alkyl or cyclic N) is 1. The molecule has 102 valence electrons.